The van der Waals surface area contributed by atoms with Gasteiger partial charge in [0.2, 0.25) is 0 Å². The predicted molar refractivity (Wildman–Crippen MR) is 67.8 cm³/mol. The molecule has 2 rings (SSSR count). The summed E-state index contributed by atoms with van der Waals surface area (Å²) in [6.07, 6.45) is 0. The Morgan fingerprint density at radius 2 is 2.17 bits per heavy atom. The number of hydrogen-bond donors (Lipinski definition) is 2. The first kappa shape index (κ1) is 13.1. The summed E-state index contributed by atoms with van der Waals surface area (Å²) in [6.45, 7) is 2.92. The molecule has 0 unspecified atom stereocenters. The molecule has 1 atom stereocenters. The number of alkyl halides is 1. The highest BCUT2D eigenvalue weighted by Gasteiger charge is 2.24. The van der Waals surface area contributed by atoms with E-state index in [9.17, 15) is 9.50 Å². The van der Waals surface area contributed by atoms with E-state index in [1.807, 2.05) is 0 Å². The number of benzene rings is 1. The summed E-state index contributed by atoms with van der Waals surface area (Å²) in [5, 5.41) is 12.7. The summed E-state index contributed by atoms with van der Waals surface area (Å²) in [5.41, 5.74) is 0.791. The number of methoxy groups -OCH3 is 1. The lowest BCUT2D eigenvalue weighted by atomic mass is 10.0. The van der Waals surface area contributed by atoms with Crippen LogP contribution in [0.5, 0.6) is 11.5 Å². The van der Waals surface area contributed by atoms with E-state index in [-0.39, 0.29) is 11.8 Å². The van der Waals surface area contributed by atoms with Gasteiger partial charge >= 0.3 is 0 Å². The molecule has 0 saturated carbocycles. The molecule has 0 amide bonds. The molecule has 1 aromatic carbocycles. The standard InChI is InChI=1S/C13H19FN2O2/c1-18-13-8-10(17)2-3-11(13)12(9-14)16-6-4-15-5-7-16/h2-3,8,12,15,17H,4-7,9H2,1H3/t12-/m0/s1. The Balaban J connectivity index is 2.25. The van der Waals surface area contributed by atoms with Crippen LogP contribution in [-0.4, -0.2) is 50.0 Å². The first-order valence-electron chi connectivity index (χ1n) is 6.14. The van der Waals surface area contributed by atoms with Crippen molar-refractivity contribution in [2.75, 3.05) is 40.0 Å². The van der Waals surface area contributed by atoms with Crippen molar-refractivity contribution >= 4 is 0 Å². The minimum atomic E-state index is -0.457. The Labute approximate surface area is 106 Å². The highest BCUT2D eigenvalue weighted by Crippen LogP contribution is 2.32. The van der Waals surface area contributed by atoms with Gasteiger partial charge in [0.1, 0.15) is 18.2 Å². The van der Waals surface area contributed by atoms with Crippen molar-refractivity contribution in [2.45, 2.75) is 6.04 Å². The number of rotatable bonds is 4. The van der Waals surface area contributed by atoms with Crippen LogP contribution in [0.2, 0.25) is 0 Å². The third-order valence-electron chi connectivity index (χ3n) is 3.31. The van der Waals surface area contributed by atoms with Crippen LogP contribution in [0.4, 0.5) is 4.39 Å². The van der Waals surface area contributed by atoms with Crippen LogP contribution in [0.25, 0.3) is 0 Å². The third-order valence-corrected chi connectivity index (χ3v) is 3.31. The number of ether oxygens (including phenoxy) is 1. The fraction of sp³-hybridized carbons (Fsp3) is 0.538. The normalized spacial score (nSPS) is 18.6. The van der Waals surface area contributed by atoms with Crippen LogP contribution in [-0.2, 0) is 0 Å². The van der Waals surface area contributed by atoms with Crippen molar-refractivity contribution in [3.05, 3.63) is 23.8 Å². The number of phenols is 1. The summed E-state index contributed by atoms with van der Waals surface area (Å²) in [6, 6.07) is 4.53. The molecule has 2 N–H and O–H groups in total. The lowest BCUT2D eigenvalue weighted by Crippen LogP contribution is -2.45. The molecular formula is C13H19FN2O2. The average molecular weight is 254 g/mol. The molecule has 100 valence electrons. The highest BCUT2D eigenvalue weighted by molar-refractivity contribution is 5.42. The van der Waals surface area contributed by atoms with Crippen molar-refractivity contribution < 1.29 is 14.2 Å². The zero-order valence-corrected chi connectivity index (χ0v) is 10.5. The van der Waals surface area contributed by atoms with Gasteiger partial charge in [-0.05, 0) is 12.1 Å². The number of nitrogens with zero attached hydrogens (tertiary/aromatic N) is 1. The number of nitrogens with one attached hydrogen (secondary N) is 1. The smallest absolute Gasteiger partial charge is 0.127 e. The highest BCUT2D eigenvalue weighted by atomic mass is 19.1. The maximum atomic E-state index is 13.4. The van der Waals surface area contributed by atoms with Crippen LogP contribution in [0.3, 0.4) is 0 Å². The third kappa shape index (κ3) is 2.73. The molecule has 4 nitrogen and oxygen atoms in total. The lowest BCUT2D eigenvalue weighted by molar-refractivity contribution is 0.145. The summed E-state index contributed by atoms with van der Waals surface area (Å²) < 4.78 is 18.6. The Morgan fingerprint density at radius 1 is 1.44 bits per heavy atom. The molecule has 1 heterocycles. The molecule has 5 heteroatoms. The van der Waals surface area contributed by atoms with Crippen LogP contribution in [0.15, 0.2) is 18.2 Å². The molecule has 1 aliphatic heterocycles. The van der Waals surface area contributed by atoms with Gasteiger partial charge < -0.3 is 15.2 Å². The van der Waals surface area contributed by atoms with E-state index in [2.05, 4.69) is 10.2 Å². The van der Waals surface area contributed by atoms with Crippen molar-refractivity contribution in [1.29, 1.82) is 0 Å². The minimum absolute atomic E-state index is 0.133. The van der Waals surface area contributed by atoms with E-state index in [0.29, 0.717) is 5.75 Å². The molecule has 1 saturated heterocycles. The van der Waals surface area contributed by atoms with Crippen LogP contribution in [0, 0.1) is 0 Å². The number of hydrogen-bond acceptors (Lipinski definition) is 4. The van der Waals surface area contributed by atoms with E-state index in [1.54, 1.807) is 12.1 Å². The van der Waals surface area contributed by atoms with Gasteiger partial charge in [-0.2, -0.15) is 0 Å². The van der Waals surface area contributed by atoms with E-state index < -0.39 is 6.67 Å². The largest absolute Gasteiger partial charge is 0.508 e. The zero-order valence-electron chi connectivity index (χ0n) is 10.5. The quantitative estimate of drug-likeness (QED) is 0.850. The Bertz CT molecular complexity index is 395. The molecule has 0 aromatic heterocycles. The van der Waals surface area contributed by atoms with Gasteiger partial charge in [0.15, 0.2) is 0 Å². The number of phenolic OH excluding ortho intramolecular Hbond substituents is 1. The number of piperazine rings is 1. The van der Waals surface area contributed by atoms with Crippen molar-refractivity contribution in [3.63, 3.8) is 0 Å². The molecule has 0 bridgehead atoms. The maximum Gasteiger partial charge on any atom is 0.127 e. The van der Waals surface area contributed by atoms with Gasteiger partial charge in [-0.25, -0.2) is 4.39 Å². The monoisotopic (exact) mass is 254 g/mol. The number of aromatic hydroxyl groups is 1. The molecule has 1 aliphatic rings. The average Bonchev–Trinajstić information content (AvgIpc) is 2.42. The summed E-state index contributed by atoms with van der Waals surface area (Å²) >= 11 is 0. The Morgan fingerprint density at radius 3 is 2.78 bits per heavy atom. The van der Waals surface area contributed by atoms with Gasteiger partial charge in [-0.15, -0.1) is 0 Å². The molecule has 0 spiro atoms. The molecule has 0 aliphatic carbocycles. The first-order chi connectivity index (χ1) is 8.76. The molecule has 0 radical (unpaired) electrons. The van der Waals surface area contributed by atoms with Crippen molar-refractivity contribution in [3.8, 4) is 11.5 Å². The fourth-order valence-corrected chi connectivity index (χ4v) is 2.35. The van der Waals surface area contributed by atoms with E-state index in [0.717, 1.165) is 31.7 Å². The SMILES string of the molecule is COc1cc(O)ccc1[C@H](CF)N1CCNCC1. The van der Waals surface area contributed by atoms with E-state index in [1.165, 1.54) is 13.2 Å². The molecular weight excluding hydrogens is 235 g/mol. The predicted octanol–water partition coefficient (Wildman–Crippen LogP) is 1.32. The molecule has 1 aromatic rings. The first-order valence-corrected chi connectivity index (χ1v) is 6.14. The van der Waals surface area contributed by atoms with E-state index in [4.69, 9.17) is 4.74 Å². The maximum absolute atomic E-state index is 13.4. The fourth-order valence-electron chi connectivity index (χ4n) is 2.35. The molecule has 1 fully saturated rings. The number of halogens is 1. The Hall–Kier alpha value is -1.33. The van der Waals surface area contributed by atoms with Gasteiger partial charge in [-0.1, -0.05) is 0 Å². The summed E-state index contributed by atoms with van der Waals surface area (Å²) in [5.74, 6) is 0.671. The zero-order chi connectivity index (χ0) is 13.0. The van der Waals surface area contributed by atoms with Crippen molar-refractivity contribution in [2.24, 2.45) is 0 Å². The summed E-state index contributed by atoms with van der Waals surface area (Å²) in [4.78, 5) is 2.10. The van der Waals surface area contributed by atoms with Crippen LogP contribution < -0.4 is 10.1 Å². The van der Waals surface area contributed by atoms with Gasteiger partial charge in [0.05, 0.1) is 13.2 Å². The summed E-state index contributed by atoms with van der Waals surface area (Å²) in [7, 11) is 1.53. The van der Waals surface area contributed by atoms with Gasteiger partial charge in [-0.3, -0.25) is 4.90 Å². The second-order valence-electron chi connectivity index (χ2n) is 4.38. The van der Waals surface area contributed by atoms with Crippen molar-refractivity contribution in [1.82, 2.24) is 10.2 Å². The van der Waals surface area contributed by atoms with Crippen LogP contribution >= 0.6 is 0 Å². The minimum Gasteiger partial charge on any atom is -0.508 e. The lowest BCUT2D eigenvalue weighted by Gasteiger charge is -2.34. The topological polar surface area (TPSA) is 44.7 Å². The van der Waals surface area contributed by atoms with E-state index >= 15 is 0 Å². The second kappa shape index (κ2) is 6.02. The van der Waals surface area contributed by atoms with Gasteiger partial charge in [0, 0.05) is 37.8 Å². The van der Waals surface area contributed by atoms with Gasteiger partial charge in [0.25, 0.3) is 0 Å². The Kier molecular flexibility index (Phi) is 4.38. The molecule has 18 heavy (non-hydrogen) atoms. The van der Waals surface area contributed by atoms with Crippen LogP contribution in [0.1, 0.15) is 11.6 Å². The second-order valence-corrected chi connectivity index (χ2v) is 4.38.